The molecule has 2 heterocycles. The van der Waals surface area contributed by atoms with Crippen LogP contribution in [0.25, 0.3) is 0 Å². The number of nitrogens with zero attached hydrogens (tertiary/aromatic N) is 2. The summed E-state index contributed by atoms with van der Waals surface area (Å²) >= 11 is 0. The first-order valence-corrected chi connectivity index (χ1v) is 16.2. The van der Waals surface area contributed by atoms with Crippen LogP contribution in [0.3, 0.4) is 0 Å². The standard InChI is InChI=1S/C37H42N2O2/c1-40-31-15-14-27-20-32-36-17-16-30-33(28(21-36)24-39(30)23-25-8-4-2-5-9-25)37(36,18-19-38(32)22-26-12-13-26)34(27)35(31)41-29-10-6-3-7-11-29/h2-11,14-15,26,28,30,32-33H,12-13,16-24H2,1H3/t28-,30-,32-,33-,36-,37+/m1/s1. The molecule has 4 aliphatic carbocycles. The van der Waals surface area contributed by atoms with E-state index in [0.717, 1.165) is 42.0 Å². The third-order valence-electron chi connectivity index (χ3n) is 12.4. The minimum Gasteiger partial charge on any atom is -0.493 e. The number of hydrogen-bond acceptors (Lipinski definition) is 4. The molecule has 3 saturated carbocycles. The molecule has 0 spiro atoms. The molecule has 6 atom stereocenters. The van der Waals surface area contributed by atoms with Gasteiger partial charge in [0.05, 0.1) is 7.11 Å². The van der Waals surface area contributed by atoms with E-state index in [-0.39, 0.29) is 5.41 Å². The van der Waals surface area contributed by atoms with Crippen LogP contribution in [0, 0.1) is 23.2 Å². The Morgan fingerprint density at radius 2 is 1.68 bits per heavy atom. The highest BCUT2D eigenvalue weighted by Crippen LogP contribution is 2.77. The van der Waals surface area contributed by atoms with E-state index in [9.17, 15) is 0 Å². The molecule has 4 bridgehead atoms. The predicted molar refractivity (Wildman–Crippen MR) is 161 cm³/mol. The summed E-state index contributed by atoms with van der Waals surface area (Å²) in [5.41, 5.74) is 5.02. The molecule has 0 unspecified atom stereocenters. The largest absolute Gasteiger partial charge is 0.493 e. The first-order valence-electron chi connectivity index (χ1n) is 16.2. The van der Waals surface area contributed by atoms with E-state index < -0.39 is 0 Å². The summed E-state index contributed by atoms with van der Waals surface area (Å²) < 4.78 is 13.0. The van der Waals surface area contributed by atoms with Gasteiger partial charge in [0.1, 0.15) is 5.75 Å². The van der Waals surface area contributed by atoms with Crippen LogP contribution in [0.15, 0.2) is 72.8 Å². The van der Waals surface area contributed by atoms with Crippen molar-refractivity contribution in [2.45, 2.75) is 69.0 Å². The van der Waals surface area contributed by atoms with Crippen molar-refractivity contribution in [3.63, 3.8) is 0 Å². The maximum Gasteiger partial charge on any atom is 0.173 e. The highest BCUT2D eigenvalue weighted by molar-refractivity contribution is 5.61. The Kier molecular flexibility index (Phi) is 5.49. The van der Waals surface area contributed by atoms with Crippen molar-refractivity contribution in [2.24, 2.45) is 23.2 Å². The third kappa shape index (κ3) is 3.47. The number of benzene rings is 3. The van der Waals surface area contributed by atoms with Crippen molar-refractivity contribution in [3.05, 3.63) is 89.5 Å². The van der Waals surface area contributed by atoms with Gasteiger partial charge in [-0.2, -0.15) is 0 Å². The summed E-state index contributed by atoms with van der Waals surface area (Å²) in [6, 6.07) is 27.5. The molecule has 0 aromatic heterocycles. The smallest absolute Gasteiger partial charge is 0.173 e. The first kappa shape index (κ1) is 24.7. The topological polar surface area (TPSA) is 24.9 Å². The molecule has 4 heteroatoms. The fourth-order valence-corrected chi connectivity index (χ4v) is 11.0. The number of piperidine rings is 1. The summed E-state index contributed by atoms with van der Waals surface area (Å²) in [6.07, 6.45) is 9.38. The third-order valence-corrected chi connectivity index (χ3v) is 12.4. The zero-order valence-electron chi connectivity index (χ0n) is 24.3. The minimum absolute atomic E-state index is 0.156. The van der Waals surface area contributed by atoms with Gasteiger partial charge in [0.15, 0.2) is 11.5 Å². The van der Waals surface area contributed by atoms with Crippen LogP contribution in [-0.2, 0) is 18.4 Å². The van der Waals surface area contributed by atoms with Crippen LogP contribution in [0.4, 0.5) is 0 Å². The second-order valence-electron chi connectivity index (χ2n) is 14.1. The van der Waals surface area contributed by atoms with Crippen molar-refractivity contribution < 1.29 is 9.47 Å². The maximum absolute atomic E-state index is 6.92. The van der Waals surface area contributed by atoms with Gasteiger partial charge in [-0.3, -0.25) is 9.80 Å². The second-order valence-corrected chi connectivity index (χ2v) is 14.1. The van der Waals surface area contributed by atoms with Crippen LogP contribution < -0.4 is 9.47 Å². The van der Waals surface area contributed by atoms with E-state index in [1.807, 2.05) is 7.11 Å². The van der Waals surface area contributed by atoms with Gasteiger partial charge in [-0.1, -0.05) is 54.6 Å². The van der Waals surface area contributed by atoms with Crippen LogP contribution in [0.2, 0.25) is 0 Å². The molecule has 2 aliphatic heterocycles. The van der Waals surface area contributed by atoms with Crippen LogP contribution >= 0.6 is 0 Å². The van der Waals surface area contributed by atoms with Gasteiger partial charge in [0, 0.05) is 42.7 Å². The number of ether oxygens (including phenoxy) is 2. The number of rotatable bonds is 7. The monoisotopic (exact) mass is 546 g/mol. The Morgan fingerprint density at radius 3 is 2.46 bits per heavy atom. The molecule has 3 aromatic carbocycles. The summed E-state index contributed by atoms with van der Waals surface area (Å²) in [4.78, 5) is 5.85. The number of methoxy groups -OCH3 is 1. The van der Waals surface area contributed by atoms with E-state index in [4.69, 9.17) is 9.47 Å². The Morgan fingerprint density at radius 1 is 0.878 bits per heavy atom. The van der Waals surface area contributed by atoms with Crippen LogP contribution in [0.1, 0.15) is 55.2 Å². The molecule has 0 radical (unpaired) electrons. The number of likely N-dealkylation sites (tertiary alicyclic amines) is 2. The van der Waals surface area contributed by atoms with Gasteiger partial charge in [0.25, 0.3) is 0 Å². The van der Waals surface area contributed by atoms with Gasteiger partial charge in [-0.25, -0.2) is 0 Å². The molecule has 41 heavy (non-hydrogen) atoms. The summed E-state index contributed by atoms with van der Waals surface area (Å²) in [5.74, 6) is 5.21. The van der Waals surface area contributed by atoms with Crippen molar-refractivity contribution >= 4 is 0 Å². The number of fused-ring (bicyclic) bond motifs is 1. The van der Waals surface area contributed by atoms with Gasteiger partial charge in [-0.15, -0.1) is 0 Å². The second kappa shape index (κ2) is 9.09. The van der Waals surface area contributed by atoms with Crippen molar-refractivity contribution in [2.75, 3.05) is 26.7 Å². The molecular weight excluding hydrogens is 504 g/mol. The number of hydrogen-bond donors (Lipinski definition) is 0. The molecular formula is C37H42N2O2. The quantitative estimate of drug-likeness (QED) is 0.317. The van der Waals surface area contributed by atoms with E-state index in [1.54, 1.807) is 0 Å². The zero-order chi connectivity index (χ0) is 27.2. The fourth-order valence-electron chi connectivity index (χ4n) is 11.0. The van der Waals surface area contributed by atoms with Crippen LogP contribution in [-0.4, -0.2) is 48.6 Å². The lowest BCUT2D eigenvalue weighted by Gasteiger charge is -2.66. The van der Waals surface area contributed by atoms with E-state index in [0.29, 0.717) is 23.4 Å². The van der Waals surface area contributed by atoms with Crippen LogP contribution in [0.5, 0.6) is 17.2 Å². The molecule has 4 nitrogen and oxygen atoms in total. The molecule has 5 fully saturated rings. The van der Waals surface area contributed by atoms with Crippen molar-refractivity contribution in [1.82, 2.24) is 9.80 Å². The summed E-state index contributed by atoms with van der Waals surface area (Å²) in [7, 11) is 1.82. The summed E-state index contributed by atoms with van der Waals surface area (Å²) in [6.45, 7) is 4.88. The Bertz CT molecular complexity index is 1450. The molecule has 0 amide bonds. The highest BCUT2D eigenvalue weighted by atomic mass is 16.5. The molecule has 3 aromatic rings. The number of para-hydroxylation sites is 1. The lowest BCUT2D eigenvalue weighted by atomic mass is 9.43. The average Bonchev–Trinajstić information content (AvgIpc) is 3.71. The van der Waals surface area contributed by atoms with E-state index >= 15 is 0 Å². The minimum atomic E-state index is 0.156. The highest BCUT2D eigenvalue weighted by Gasteiger charge is 2.76. The lowest BCUT2D eigenvalue weighted by molar-refractivity contribution is -0.106. The molecule has 9 rings (SSSR count). The Balaban J connectivity index is 1.20. The molecule has 6 aliphatic rings. The molecule has 212 valence electrons. The fraction of sp³-hybridized carbons (Fsp3) is 0.514. The zero-order valence-corrected chi connectivity index (χ0v) is 24.3. The SMILES string of the molecule is COc1ccc2c(c1Oc1ccccc1)[C@@]13CCN(CC4CC4)[C@H](C2)[C@]12CC[C@@H]1[C@H]3[C@@H](CN1Cc1ccccc1)C2. The average molecular weight is 547 g/mol. The van der Waals surface area contributed by atoms with E-state index in [2.05, 4.69) is 82.6 Å². The predicted octanol–water partition coefficient (Wildman–Crippen LogP) is 7.07. The molecule has 0 N–H and O–H groups in total. The molecule has 2 saturated heterocycles. The lowest BCUT2D eigenvalue weighted by Crippen LogP contribution is -2.69. The van der Waals surface area contributed by atoms with Gasteiger partial charge in [0.2, 0.25) is 0 Å². The van der Waals surface area contributed by atoms with Crippen molar-refractivity contribution in [3.8, 4) is 17.2 Å². The first-order chi connectivity index (χ1) is 20.2. The van der Waals surface area contributed by atoms with Gasteiger partial charge in [-0.05, 0) is 104 Å². The Hall–Kier alpha value is -2.82. The van der Waals surface area contributed by atoms with Gasteiger partial charge < -0.3 is 9.47 Å². The van der Waals surface area contributed by atoms with Gasteiger partial charge >= 0.3 is 0 Å². The van der Waals surface area contributed by atoms with Crippen molar-refractivity contribution in [1.29, 1.82) is 0 Å². The maximum atomic E-state index is 6.92. The Labute approximate surface area is 244 Å². The normalized spacial score (nSPS) is 35.1. The summed E-state index contributed by atoms with van der Waals surface area (Å²) in [5, 5.41) is 0. The van der Waals surface area contributed by atoms with E-state index in [1.165, 1.54) is 74.8 Å².